The summed E-state index contributed by atoms with van der Waals surface area (Å²) >= 11 is 11.9. The van der Waals surface area contributed by atoms with Crippen molar-refractivity contribution >= 4 is 29.2 Å². The summed E-state index contributed by atoms with van der Waals surface area (Å²) in [6.45, 7) is 4.31. The fourth-order valence-corrected chi connectivity index (χ4v) is 2.38. The van der Waals surface area contributed by atoms with Gasteiger partial charge in [-0.25, -0.2) is 4.79 Å². The Morgan fingerprint density at radius 2 is 1.65 bits per heavy atom. The lowest BCUT2D eigenvalue weighted by molar-refractivity contribution is 0.0691. The molecule has 0 spiro atoms. The second-order valence-electron chi connectivity index (χ2n) is 5.01. The minimum absolute atomic E-state index is 0.0238. The van der Waals surface area contributed by atoms with E-state index >= 15 is 0 Å². The molecule has 0 atom stereocenters. The minimum atomic E-state index is -1.09. The molecular formula is C17H16Cl2O4. The van der Waals surface area contributed by atoms with Gasteiger partial charge in [0.2, 0.25) is 0 Å². The smallest absolute Gasteiger partial charge is 0.339 e. The summed E-state index contributed by atoms with van der Waals surface area (Å²) in [6, 6.07) is 8.16. The Morgan fingerprint density at radius 1 is 1.04 bits per heavy atom. The standard InChI is InChI=1S/C17H16Cl2O4/c1-10-7-13(8-11(2)16(10)19)22-5-6-23-15-4-3-12(18)9-14(15)17(20)21/h3-4,7-9H,5-6H2,1-2H3,(H,20,21). The molecule has 122 valence electrons. The number of hydrogen-bond acceptors (Lipinski definition) is 3. The number of rotatable bonds is 6. The summed E-state index contributed by atoms with van der Waals surface area (Å²) in [5, 5.41) is 10.2. The molecule has 0 saturated carbocycles. The lowest BCUT2D eigenvalue weighted by Gasteiger charge is -2.12. The number of halogens is 2. The Balaban J connectivity index is 1.95. The molecule has 0 unspecified atom stereocenters. The third-order valence-corrected chi connectivity index (χ3v) is 4.02. The maximum absolute atomic E-state index is 11.2. The molecule has 0 aliphatic carbocycles. The predicted molar refractivity (Wildman–Crippen MR) is 90.3 cm³/mol. The van der Waals surface area contributed by atoms with E-state index in [4.69, 9.17) is 37.8 Å². The summed E-state index contributed by atoms with van der Waals surface area (Å²) in [4.78, 5) is 11.2. The topological polar surface area (TPSA) is 55.8 Å². The van der Waals surface area contributed by atoms with Crippen molar-refractivity contribution in [3.63, 3.8) is 0 Å². The van der Waals surface area contributed by atoms with E-state index in [2.05, 4.69) is 0 Å². The van der Waals surface area contributed by atoms with Gasteiger partial charge in [0, 0.05) is 10.0 Å². The molecule has 0 aliphatic rings. The molecule has 23 heavy (non-hydrogen) atoms. The highest BCUT2D eigenvalue weighted by atomic mass is 35.5. The van der Waals surface area contributed by atoms with Gasteiger partial charge in [-0.15, -0.1) is 0 Å². The summed E-state index contributed by atoms with van der Waals surface area (Å²) in [6.07, 6.45) is 0. The van der Waals surface area contributed by atoms with Gasteiger partial charge < -0.3 is 14.6 Å². The van der Waals surface area contributed by atoms with E-state index in [-0.39, 0.29) is 24.5 Å². The first-order chi connectivity index (χ1) is 10.9. The van der Waals surface area contributed by atoms with Crippen molar-refractivity contribution < 1.29 is 19.4 Å². The number of carboxylic acids is 1. The molecule has 0 amide bonds. The van der Waals surface area contributed by atoms with Gasteiger partial charge in [-0.1, -0.05) is 23.2 Å². The number of hydrogen-bond donors (Lipinski definition) is 1. The molecule has 0 bridgehead atoms. The van der Waals surface area contributed by atoms with Crippen LogP contribution in [0.1, 0.15) is 21.5 Å². The highest BCUT2D eigenvalue weighted by molar-refractivity contribution is 6.32. The van der Waals surface area contributed by atoms with Crippen molar-refractivity contribution in [3.05, 3.63) is 57.1 Å². The van der Waals surface area contributed by atoms with Crippen LogP contribution < -0.4 is 9.47 Å². The summed E-state index contributed by atoms with van der Waals surface area (Å²) in [5.41, 5.74) is 1.90. The van der Waals surface area contributed by atoms with Gasteiger partial charge in [0.05, 0.1) is 0 Å². The Morgan fingerprint density at radius 3 is 2.26 bits per heavy atom. The largest absolute Gasteiger partial charge is 0.490 e. The number of ether oxygens (including phenoxy) is 2. The van der Waals surface area contributed by atoms with E-state index in [1.165, 1.54) is 12.1 Å². The number of carbonyl (C=O) groups is 1. The lowest BCUT2D eigenvalue weighted by Crippen LogP contribution is -2.11. The SMILES string of the molecule is Cc1cc(OCCOc2ccc(Cl)cc2C(=O)O)cc(C)c1Cl. The highest BCUT2D eigenvalue weighted by Crippen LogP contribution is 2.26. The average Bonchev–Trinajstić information content (AvgIpc) is 2.50. The Bertz CT molecular complexity index is 706. The Hall–Kier alpha value is -1.91. The van der Waals surface area contributed by atoms with Gasteiger partial charge in [-0.2, -0.15) is 0 Å². The van der Waals surface area contributed by atoms with Crippen LogP contribution in [0.15, 0.2) is 30.3 Å². The van der Waals surface area contributed by atoms with E-state index in [1.54, 1.807) is 6.07 Å². The van der Waals surface area contributed by atoms with E-state index < -0.39 is 5.97 Å². The molecule has 6 heteroatoms. The Labute approximate surface area is 144 Å². The second-order valence-corrected chi connectivity index (χ2v) is 5.83. The van der Waals surface area contributed by atoms with Crippen LogP contribution in [-0.4, -0.2) is 24.3 Å². The molecule has 4 nitrogen and oxygen atoms in total. The van der Waals surface area contributed by atoms with Crippen LogP contribution in [0.25, 0.3) is 0 Å². The first kappa shape index (κ1) is 17.4. The van der Waals surface area contributed by atoms with Gasteiger partial charge in [0.1, 0.15) is 30.3 Å². The summed E-state index contributed by atoms with van der Waals surface area (Å²) in [7, 11) is 0. The van der Waals surface area contributed by atoms with Crippen LogP contribution in [0, 0.1) is 13.8 Å². The van der Waals surface area contributed by atoms with Gasteiger partial charge in [-0.3, -0.25) is 0 Å². The summed E-state index contributed by atoms with van der Waals surface area (Å²) < 4.78 is 11.1. The van der Waals surface area contributed by atoms with Crippen molar-refractivity contribution in [2.45, 2.75) is 13.8 Å². The molecule has 1 N–H and O–H groups in total. The number of aryl methyl sites for hydroxylation is 2. The molecule has 0 heterocycles. The van der Waals surface area contributed by atoms with Gasteiger partial charge in [0.25, 0.3) is 0 Å². The Kier molecular flexibility index (Phi) is 5.74. The van der Waals surface area contributed by atoms with Crippen molar-refractivity contribution in [2.75, 3.05) is 13.2 Å². The monoisotopic (exact) mass is 354 g/mol. The van der Waals surface area contributed by atoms with Crippen LogP contribution in [0.5, 0.6) is 11.5 Å². The van der Waals surface area contributed by atoms with Crippen LogP contribution in [0.2, 0.25) is 10.0 Å². The minimum Gasteiger partial charge on any atom is -0.490 e. The molecule has 0 saturated heterocycles. The number of aromatic carboxylic acids is 1. The molecular weight excluding hydrogens is 339 g/mol. The third-order valence-electron chi connectivity index (χ3n) is 3.19. The molecule has 0 aromatic heterocycles. The molecule has 2 aromatic carbocycles. The van der Waals surface area contributed by atoms with E-state index in [1.807, 2.05) is 26.0 Å². The zero-order chi connectivity index (χ0) is 17.0. The van der Waals surface area contributed by atoms with E-state index in [0.717, 1.165) is 16.1 Å². The maximum atomic E-state index is 11.2. The van der Waals surface area contributed by atoms with Crippen LogP contribution in [-0.2, 0) is 0 Å². The third kappa shape index (κ3) is 4.53. The zero-order valence-corrected chi connectivity index (χ0v) is 14.2. The number of benzene rings is 2. The van der Waals surface area contributed by atoms with Gasteiger partial charge in [0.15, 0.2) is 0 Å². The highest BCUT2D eigenvalue weighted by Gasteiger charge is 2.12. The lowest BCUT2D eigenvalue weighted by atomic mass is 10.1. The van der Waals surface area contributed by atoms with Crippen molar-refractivity contribution in [1.29, 1.82) is 0 Å². The van der Waals surface area contributed by atoms with E-state index in [0.29, 0.717) is 10.8 Å². The molecule has 2 rings (SSSR count). The van der Waals surface area contributed by atoms with Gasteiger partial charge in [-0.05, 0) is 55.3 Å². The van der Waals surface area contributed by atoms with Crippen molar-refractivity contribution in [2.24, 2.45) is 0 Å². The fourth-order valence-electron chi connectivity index (χ4n) is 2.10. The second kappa shape index (κ2) is 7.57. The van der Waals surface area contributed by atoms with Gasteiger partial charge >= 0.3 is 5.97 Å². The van der Waals surface area contributed by atoms with Crippen molar-refractivity contribution in [3.8, 4) is 11.5 Å². The summed E-state index contributed by atoms with van der Waals surface area (Å²) in [5.74, 6) is -0.135. The normalized spacial score (nSPS) is 10.4. The average molecular weight is 355 g/mol. The molecule has 2 aromatic rings. The van der Waals surface area contributed by atoms with Crippen LogP contribution in [0.3, 0.4) is 0 Å². The first-order valence-electron chi connectivity index (χ1n) is 6.93. The van der Waals surface area contributed by atoms with Crippen LogP contribution in [0.4, 0.5) is 0 Å². The maximum Gasteiger partial charge on any atom is 0.339 e. The van der Waals surface area contributed by atoms with Crippen LogP contribution >= 0.6 is 23.2 Å². The first-order valence-corrected chi connectivity index (χ1v) is 7.69. The number of carboxylic acid groups (broad SMARTS) is 1. The fraction of sp³-hybridized carbons (Fsp3) is 0.235. The van der Waals surface area contributed by atoms with E-state index in [9.17, 15) is 4.79 Å². The zero-order valence-electron chi connectivity index (χ0n) is 12.7. The quantitative estimate of drug-likeness (QED) is 0.759. The molecule has 0 aliphatic heterocycles. The predicted octanol–water partition coefficient (Wildman–Crippen LogP) is 4.77. The molecule has 0 fully saturated rings. The molecule has 0 radical (unpaired) electrons. The van der Waals surface area contributed by atoms with Crippen molar-refractivity contribution in [1.82, 2.24) is 0 Å².